The van der Waals surface area contributed by atoms with E-state index in [1.807, 2.05) is 14.0 Å². The zero-order valence-corrected chi connectivity index (χ0v) is 16.1. The first kappa shape index (κ1) is 20.7. The zero-order valence-electron chi connectivity index (χ0n) is 13.8. The molecule has 0 aliphatic heterocycles. The average molecular weight is 410 g/mol. The quantitative estimate of drug-likeness (QED) is 0.278. The molecule has 6 heteroatoms. The summed E-state index contributed by atoms with van der Waals surface area (Å²) in [6.45, 7) is 4.62. The summed E-state index contributed by atoms with van der Waals surface area (Å²) in [4.78, 5) is 6.46. The maximum Gasteiger partial charge on any atom is 0.191 e. The second-order valence-electron chi connectivity index (χ2n) is 5.41. The molecule has 1 atom stereocenters. The summed E-state index contributed by atoms with van der Waals surface area (Å²) in [5, 5.41) is 6.81. The zero-order chi connectivity index (χ0) is 14.8. The fourth-order valence-corrected chi connectivity index (χ4v) is 2.22. The number of guanidine groups is 1. The van der Waals surface area contributed by atoms with Crippen LogP contribution in [0.1, 0.15) is 26.2 Å². The molecule has 0 aromatic carbocycles. The summed E-state index contributed by atoms with van der Waals surface area (Å²) in [5.74, 6) is 0.869. The van der Waals surface area contributed by atoms with Gasteiger partial charge in [-0.1, -0.05) is 12.2 Å². The lowest BCUT2D eigenvalue weighted by Crippen LogP contribution is -2.45. The molecule has 1 aliphatic rings. The number of nitrogens with one attached hydrogen (secondary N) is 2. The molecule has 5 nitrogen and oxygen atoms in total. The van der Waals surface area contributed by atoms with Crippen LogP contribution in [0.2, 0.25) is 0 Å². The van der Waals surface area contributed by atoms with Crippen LogP contribution >= 0.6 is 24.0 Å². The van der Waals surface area contributed by atoms with Gasteiger partial charge < -0.3 is 20.3 Å². The Morgan fingerprint density at radius 2 is 2.05 bits per heavy atom. The van der Waals surface area contributed by atoms with Crippen LogP contribution in [0.25, 0.3) is 0 Å². The molecular formula is C15H31IN4O. The standard InChI is InChI=1S/C15H30N4O.HI/c1-5-20-14(10-11-19(3)4)12-17-15(16-2)18-13-8-6-7-9-13;/h6-7,13-14H,5,8-12H2,1-4H3,(H2,16,17,18);1H. The third kappa shape index (κ3) is 9.31. The lowest BCUT2D eigenvalue weighted by Gasteiger charge is -2.22. The summed E-state index contributed by atoms with van der Waals surface area (Å²) in [6.07, 6.45) is 7.83. The molecule has 0 aromatic heterocycles. The predicted octanol–water partition coefficient (Wildman–Crippen LogP) is 1.84. The Labute approximate surface area is 146 Å². The Bertz CT molecular complexity index is 313. The maximum atomic E-state index is 5.77. The number of hydrogen-bond acceptors (Lipinski definition) is 3. The highest BCUT2D eigenvalue weighted by atomic mass is 127. The third-order valence-electron chi connectivity index (χ3n) is 3.37. The van der Waals surface area contributed by atoms with Gasteiger partial charge in [0.15, 0.2) is 5.96 Å². The molecule has 0 bridgehead atoms. The van der Waals surface area contributed by atoms with Crippen molar-refractivity contribution >= 4 is 29.9 Å². The van der Waals surface area contributed by atoms with Gasteiger partial charge >= 0.3 is 0 Å². The van der Waals surface area contributed by atoms with Crippen LogP contribution < -0.4 is 10.6 Å². The highest BCUT2D eigenvalue weighted by Crippen LogP contribution is 2.08. The van der Waals surface area contributed by atoms with E-state index in [0.29, 0.717) is 6.04 Å². The number of rotatable bonds is 8. The van der Waals surface area contributed by atoms with Gasteiger partial charge in [-0.2, -0.15) is 0 Å². The summed E-state index contributed by atoms with van der Waals surface area (Å²) in [7, 11) is 5.99. The van der Waals surface area contributed by atoms with E-state index in [9.17, 15) is 0 Å². The first-order valence-electron chi connectivity index (χ1n) is 7.54. The van der Waals surface area contributed by atoms with Gasteiger partial charge in [0.2, 0.25) is 0 Å². The molecule has 1 unspecified atom stereocenters. The number of aliphatic imine (C=N–C) groups is 1. The van der Waals surface area contributed by atoms with Crippen molar-refractivity contribution in [2.45, 2.75) is 38.3 Å². The number of nitrogens with zero attached hydrogens (tertiary/aromatic N) is 2. The van der Waals surface area contributed by atoms with Crippen molar-refractivity contribution in [2.75, 3.05) is 40.8 Å². The van der Waals surface area contributed by atoms with Crippen molar-refractivity contribution in [3.63, 3.8) is 0 Å². The van der Waals surface area contributed by atoms with E-state index in [1.54, 1.807) is 0 Å². The highest BCUT2D eigenvalue weighted by molar-refractivity contribution is 14.0. The van der Waals surface area contributed by atoms with E-state index in [-0.39, 0.29) is 30.1 Å². The highest BCUT2D eigenvalue weighted by Gasteiger charge is 2.13. The molecule has 1 rings (SSSR count). The van der Waals surface area contributed by atoms with Crippen molar-refractivity contribution in [3.05, 3.63) is 12.2 Å². The molecular weight excluding hydrogens is 379 g/mol. The van der Waals surface area contributed by atoms with Crippen molar-refractivity contribution in [1.29, 1.82) is 0 Å². The molecule has 124 valence electrons. The molecule has 0 aromatic rings. The Morgan fingerprint density at radius 3 is 2.57 bits per heavy atom. The predicted molar refractivity (Wildman–Crippen MR) is 101 cm³/mol. The van der Waals surface area contributed by atoms with Crippen LogP contribution in [0.5, 0.6) is 0 Å². The maximum absolute atomic E-state index is 5.77. The summed E-state index contributed by atoms with van der Waals surface area (Å²) in [6, 6.07) is 0.480. The van der Waals surface area contributed by atoms with E-state index >= 15 is 0 Å². The topological polar surface area (TPSA) is 48.9 Å². The second kappa shape index (κ2) is 12.2. The molecule has 2 N–H and O–H groups in total. The van der Waals surface area contributed by atoms with Gasteiger partial charge in [-0.15, -0.1) is 24.0 Å². The van der Waals surface area contributed by atoms with Crippen LogP contribution in [0.4, 0.5) is 0 Å². The molecule has 1 aliphatic carbocycles. The van der Waals surface area contributed by atoms with E-state index in [1.165, 1.54) is 0 Å². The Balaban J connectivity index is 0.00000400. The molecule has 0 amide bonds. The minimum Gasteiger partial charge on any atom is -0.377 e. The van der Waals surface area contributed by atoms with Gasteiger partial charge in [0.05, 0.1) is 6.10 Å². The minimum absolute atomic E-state index is 0. The van der Waals surface area contributed by atoms with Crippen molar-refractivity contribution in [1.82, 2.24) is 15.5 Å². The normalized spacial score (nSPS) is 16.9. The fourth-order valence-electron chi connectivity index (χ4n) is 2.22. The Hall–Kier alpha value is -0.340. The van der Waals surface area contributed by atoms with Crippen LogP contribution in [-0.2, 0) is 4.74 Å². The smallest absolute Gasteiger partial charge is 0.191 e. The summed E-state index contributed by atoms with van der Waals surface area (Å²) < 4.78 is 5.77. The second-order valence-corrected chi connectivity index (χ2v) is 5.41. The Morgan fingerprint density at radius 1 is 1.38 bits per heavy atom. The molecule has 0 saturated heterocycles. The van der Waals surface area contributed by atoms with Crippen LogP contribution in [-0.4, -0.2) is 63.8 Å². The third-order valence-corrected chi connectivity index (χ3v) is 3.37. The molecule has 0 saturated carbocycles. The van der Waals surface area contributed by atoms with Gasteiger partial charge in [0.1, 0.15) is 0 Å². The number of ether oxygens (including phenoxy) is 1. The summed E-state index contributed by atoms with van der Waals surface area (Å²) in [5.41, 5.74) is 0. The molecule has 0 fully saturated rings. The fraction of sp³-hybridized carbons (Fsp3) is 0.800. The molecule has 0 spiro atoms. The SMILES string of the molecule is CCOC(CCN(C)C)CNC(=NC)NC1CC=CC1.I. The van der Waals surface area contributed by atoms with Gasteiger partial charge in [-0.25, -0.2) is 0 Å². The Kier molecular flexibility index (Phi) is 12.0. The number of hydrogen-bond donors (Lipinski definition) is 2. The first-order valence-corrected chi connectivity index (χ1v) is 7.54. The number of halogens is 1. The van der Waals surface area contributed by atoms with Crippen LogP contribution in [0.15, 0.2) is 17.1 Å². The van der Waals surface area contributed by atoms with Crippen LogP contribution in [0, 0.1) is 0 Å². The van der Waals surface area contributed by atoms with E-state index in [0.717, 1.165) is 44.9 Å². The van der Waals surface area contributed by atoms with Crippen molar-refractivity contribution in [2.24, 2.45) is 4.99 Å². The lowest BCUT2D eigenvalue weighted by molar-refractivity contribution is 0.0548. The first-order chi connectivity index (χ1) is 9.65. The van der Waals surface area contributed by atoms with E-state index in [2.05, 4.69) is 46.8 Å². The van der Waals surface area contributed by atoms with Gasteiger partial charge in [-0.3, -0.25) is 4.99 Å². The monoisotopic (exact) mass is 410 g/mol. The average Bonchev–Trinajstić information content (AvgIpc) is 2.93. The largest absolute Gasteiger partial charge is 0.377 e. The molecule has 0 heterocycles. The van der Waals surface area contributed by atoms with Gasteiger partial charge in [0.25, 0.3) is 0 Å². The van der Waals surface area contributed by atoms with E-state index in [4.69, 9.17) is 4.74 Å². The minimum atomic E-state index is 0. The molecule has 21 heavy (non-hydrogen) atoms. The van der Waals surface area contributed by atoms with Gasteiger partial charge in [-0.05, 0) is 40.3 Å². The molecule has 0 radical (unpaired) electrons. The van der Waals surface area contributed by atoms with Crippen molar-refractivity contribution in [3.8, 4) is 0 Å². The van der Waals surface area contributed by atoms with Gasteiger partial charge in [0, 0.05) is 32.8 Å². The lowest BCUT2D eigenvalue weighted by atomic mass is 10.2. The van der Waals surface area contributed by atoms with Crippen molar-refractivity contribution < 1.29 is 4.74 Å². The summed E-state index contributed by atoms with van der Waals surface area (Å²) >= 11 is 0. The van der Waals surface area contributed by atoms with Crippen LogP contribution in [0.3, 0.4) is 0 Å². The van der Waals surface area contributed by atoms with E-state index < -0.39 is 0 Å².